The van der Waals surface area contributed by atoms with Crippen molar-refractivity contribution in [1.82, 2.24) is 20.8 Å². The predicted octanol–water partition coefficient (Wildman–Crippen LogP) is 2.06. The zero-order chi connectivity index (χ0) is 19.1. The normalized spacial score (nSPS) is 17.9. The largest absolute Gasteiger partial charge is 0.351 e. The summed E-state index contributed by atoms with van der Waals surface area (Å²) < 4.78 is 0. The van der Waals surface area contributed by atoms with Crippen molar-refractivity contribution >= 4 is 16.7 Å². The molecule has 5 rings (SSSR count). The van der Waals surface area contributed by atoms with Gasteiger partial charge in [-0.05, 0) is 61.1 Å². The Balaban J connectivity index is 1.51. The van der Waals surface area contributed by atoms with E-state index < -0.39 is 0 Å². The van der Waals surface area contributed by atoms with Crippen molar-refractivity contribution in [3.63, 3.8) is 0 Å². The number of rotatable bonds is 3. The minimum atomic E-state index is -0.156. The molecule has 2 aromatic carbocycles. The van der Waals surface area contributed by atoms with Gasteiger partial charge in [0.2, 0.25) is 5.91 Å². The van der Waals surface area contributed by atoms with Crippen LogP contribution in [0, 0.1) is 0 Å². The molecule has 1 atom stereocenters. The number of aromatic amines is 1. The van der Waals surface area contributed by atoms with Crippen molar-refractivity contribution in [2.24, 2.45) is 0 Å². The summed E-state index contributed by atoms with van der Waals surface area (Å²) in [6, 6.07) is 12.1. The standard InChI is InChI=1S/C22H22N4O2/c27-21-16-4-1-3-15-9-8-14-7-6-13(11-17(14)20(19(15)16)25-26-21)12-24-22(28)18-5-2-10-23-18/h1,3-4,6-7,11,18,23H,2,5,8-10,12H2,(H,24,28)(H,26,27). The van der Waals surface area contributed by atoms with Crippen molar-refractivity contribution in [1.29, 1.82) is 0 Å². The Hall–Kier alpha value is -2.99. The van der Waals surface area contributed by atoms with Gasteiger partial charge in [-0.15, -0.1) is 0 Å². The molecular formula is C22H22N4O2. The number of fused-ring (bicyclic) bond motifs is 2. The molecule has 142 valence electrons. The van der Waals surface area contributed by atoms with Crippen molar-refractivity contribution in [2.45, 2.75) is 38.3 Å². The fourth-order valence-electron chi connectivity index (χ4n) is 4.36. The number of H-pyrrole nitrogens is 1. The van der Waals surface area contributed by atoms with Crippen LogP contribution in [0.2, 0.25) is 0 Å². The summed E-state index contributed by atoms with van der Waals surface area (Å²) in [4.78, 5) is 24.5. The van der Waals surface area contributed by atoms with Crippen LogP contribution in [-0.4, -0.2) is 28.7 Å². The van der Waals surface area contributed by atoms with E-state index in [0.29, 0.717) is 11.9 Å². The molecule has 1 aliphatic heterocycles. The minimum absolute atomic E-state index is 0.0577. The summed E-state index contributed by atoms with van der Waals surface area (Å²) in [5.41, 5.74) is 5.11. The van der Waals surface area contributed by atoms with Gasteiger partial charge in [-0.3, -0.25) is 9.59 Å². The molecule has 28 heavy (non-hydrogen) atoms. The Morgan fingerprint density at radius 1 is 1.18 bits per heavy atom. The second kappa shape index (κ2) is 6.87. The van der Waals surface area contributed by atoms with Gasteiger partial charge in [-0.2, -0.15) is 5.10 Å². The fraction of sp³-hybridized carbons (Fsp3) is 0.318. The molecule has 0 bridgehead atoms. The molecule has 1 unspecified atom stereocenters. The van der Waals surface area contributed by atoms with Crippen LogP contribution in [0.15, 0.2) is 41.2 Å². The topological polar surface area (TPSA) is 86.9 Å². The number of hydrogen-bond acceptors (Lipinski definition) is 4. The van der Waals surface area contributed by atoms with Gasteiger partial charge in [0.1, 0.15) is 0 Å². The number of aromatic nitrogens is 2. The summed E-state index contributed by atoms with van der Waals surface area (Å²) in [5, 5.41) is 14.9. The van der Waals surface area contributed by atoms with Gasteiger partial charge < -0.3 is 10.6 Å². The Morgan fingerprint density at radius 3 is 2.93 bits per heavy atom. The number of carbonyl (C=O) groups is 1. The number of aryl methyl sites for hydroxylation is 2. The van der Waals surface area contributed by atoms with E-state index in [9.17, 15) is 9.59 Å². The van der Waals surface area contributed by atoms with Crippen molar-refractivity contribution in [3.05, 3.63) is 63.4 Å². The van der Waals surface area contributed by atoms with Crippen LogP contribution < -0.4 is 16.2 Å². The monoisotopic (exact) mass is 374 g/mol. The Kier molecular flexibility index (Phi) is 4.20. The first-order valence-electron chi connectivity index (χ1n) is 9.84. The average molecular weight is 374 g/mol. The Labute approximate surface area is 162 Å². The summed E-state index contributed by atoms with van der Waals surface area (Å²) in [5.74, 6) is 0.0577. The molecule has 3 N–H and O–H groups in total. The third-order valence-electron chi connectivity index (χ3n) is 5.84. The Bertz CT molecular complexity index is 1130. The van der Waals surface area contributed by atoms with E-state index in [2.05, 4.69) is 45.1 Å². The molecule has 6 nitrogen and oxygen atoms in total. The van der Waals surface area contributed by atoms with Crippen LogP contribution in [-0.2, 0) is 24.2 Å². The lowest BCUT2D eigenvalue weighted by molar-refractivity contribution is -0.122. The van der Waals surface area contributed by atoms with E-state index in [1.54, 1.807) is 0 Å². The number of nitrogens with one attached hydrogen (secondary N) is 3. The predicted molar refractivity (Wildman–Crippen MR) is 108 cm³/mol. The first-order valence-corrected chi connectivity index (χ1v) is 9.84. The minimum Gasteiger partial charge on any atom is -0.351 e. The first-order chi connectivity index (χ1) is 13.7. The van der Waals surface area contributed by atoms with Crippen LogP contribution in [0.3, 0.4) is 0 Å². The van der Waals surface area contributed by atoms with Gasteiger partial charge in [0.25, 0.3) is 5.56 Å². The Morgan fingerprint density at radius 2 is 2.07 bits per heavy atom. The fourth-order valence-corrected chi connectivity index (χ4v) is 4.36. The van der Waals surface area contributed by atoms with Crippen LogP contribution in [0.1, 0.15) is 29.5 Å². The highest BCUT2D eigenvalue weighted by Gasteiger charge is 2.22. The molecule has 3 aromatic rings. The van der Waals surface area contributed by atoms with Crippen molar-refractivity contribution in [3.8, 4) is 11.3 Å². The van der Waals surface area contributed by atoms with E-state index in [1.807, 2.05) is 12.1 Å². The smallest absolute Gasteiger partial charge is 0.272 e. The maximum Gasteiger partial charge on any atom is 0.272 e. The number of amides is 1. The van der Waals surface area contributed by atoms with Gasteiger partial charge in [0, 0.05) is 17.5 Å². The van der Waals surface area contributed by atoms with E-state index in [0.717, 1.165) is 60.0 Å². The SMILES string of the molecule is O=C(NCc1ccc2c(c1)-c1n[nH]c(=O)c3cccc(c13)CC2)C1CCCN1. The summed E-state index contributed by atoms with van der Waals surface area (Å²) >= 11 is 0. The molecule has 1 fully saturated rings. The molecule has 1 aromatic heterocycles. The third-order valence-corrected chi connectivity index (χ3v) is 5.84. The second-order valence-electron chi connectivity index (χ2n) is 7.60. The zero-order valence-corrected chi connectivity index (χ0v) is 15.5. The highest BCUT2D eigenvalue weighted by molar-refractivity contribution is 5.97. The van der Waals surface area contributed by atoms with E-state index in [4.69, 9.17) is 0 Å². The molecule has 1 saturated heterocycles. The van der Waals surface area contributed by atoms with Gasteiger partial charge in [-0.25, -0.2) is 5.10 Å². The highest BCUT2D eigenvalue weighted by atomic mass is 16.2. The van der Waals surface area contributed by atoms with Gasteiger partial charge in [0.05, 0.1) is 17.1 Å². The van der Waals surface area contributed by atoms with Gasteiger partial charge >= 0.3 is 0 Å². The van der Waals surface area contributed by atoms with Crippen LogP contribution in [0.5, 0.6) is 0 Å². The second-order valence-corrected chi connectivity index (χ2v) is 7.60. The summed E-state index contributed by atoms with van der Waals surface area (Å²) in [7, 11) is 0. The van der Waals surface area contributed by atoms with Gasteiger partial charge in [-0.1, -0.05) is 24.3 Å². The van der Waals surface area contributed by atoms with Crippen LogP contribution >= 0.6 is 0 Å². The zero-order valence-electron chi connectivity index (χ0n) is 15.5. The van der Waals surface area contributed by atoms with Crippen molar-refractivity contribution < 1.29 is 4.79 Å². The molecule has 6 heteroatoms. The third kappa shape index (κ3) is 2.90. The van der Waals surface area contributed by atoms with E-state index in [1.165, 1.54) is 5.56 Å². The van der Waals surface area contributed by atoms with E-state index >= 15 is 0 Å². The molecule has 0 spiro atoms. The lowest BCUT2D eigenvalue weighted by Gasteiger charge is -2.13. The number of hydrogen-bond donors (Lipinski definition) is 3. The molecule has 1 aliphatic carbocycles. The lowest BCUT2D eigenvalue weighted by atomic mass is 9.98. The number of nitrogens with zero attached hydrogens (tertiary/aromatic N) is 1. The molecule has 1 amide bonds. The van der Waals surface area contributed by atoms with Crippen LogP contribution in [0.4, 0.5) is 0 Å². The quantitative estimate of drug-likeness (QED) is 0.655. The number of benzene rings is 2. The highest BCUT2D eigenvalue weighted by Crippen LogP contribution is 2.34. The number of carbonyl (C=O) groups excluding carboxylic acids is 1. The molecule has 2 aliphatic rings. The molecule has 2 heterocycles. The summed E-state index contributed by atoms with van der Waals surface area (Å²) in [6.45, 7) is 1.39. The average Bonchev–Trinajstić information content (AvgIpc) is 3.21. The maximum absolute atomic E-state index is 12.3. The summed E-state index contributed by atoms with van der Waals surface area (Å²) in [6.07, 6.45) is 3.72. The molecule has 0 radical (unpaired) electrons. The maximum atomic E-state index is 12.3. The molecular weight excluding hydrogens is 352 g/mol. The van der Waals surface area contributed by atoms with Crippen LogP contribution in [0.25, 0.3) is 22.0 Å². The first kappa shape index (κ1) is 17.1. The van der Waals surface area contributed by atoms with Gasteiger partial charge in [0.15, 0.2) is 0 Å². The lowest BCUT2D eigenvalue weighted by Crippen LogP contribution is -2.40. The van der Waals surface area contributed by atoms with E-state index in [-0.39, 0.29) is 17.5 Å². The molecule has 0 saturated carbocycles. The van der Waals surface area contributed by atoms with Crippen molar-refractivity contribution in [2.75, 3.05) is 6.54 Å².